The van der Waals surface area contributed by atoms with Gasteiger partial charge in [0.2, 0.25) is 0 Å². The van der Waals surface area contributed by atoms with Crippen LogP contribution in [0.1, 0.15) is 71.6 Å². The number of unbranched alkanes of at least 4 members (excludes halogenated alkanes) is 2. The average Bonchev–Trinajstić information content (AvgIpc) is 2.30. The third-order valence-corrected chi connectivity index (χ3v) is 3.11. The van der Waals surface area contributed by atoms with Gasteiger partial charge in [0.05, 0.1) is 0 Å². The van der Waals surface area contributed by atoms with Gasteiger partial charge in [0.1, 0.15) is 0 Å². The second-order valence-corrected chi connectivity index (χ2v) is 4.71. The van der Waals surface area contributed by atoms with E-state index < -0.39 is 0 Å². The Labute approximate surface area is 102 Å². The first-order chi connectivity index (χ1) is 7.85. The maximum absolute atomic E-state index is 8.63. The molecule has 0 aliphatic rings. The van der Waals surface area contributed by atoms with Gasteiger partial charge in [-0.05, 0) is 25.2 Å². The first kappa shape index (κ1) is 15.7. The van der Waals surface area contributed by atoms with Crippen molar-refractivity contribution in [3.05, 3.63) is 12.2 Å². The van der Waals surface area contributed by atoms with E-state index in [9.17, 15) is 0 Å². The second-order valence-electron chi connectivity index (χ2n) is 4.71. The third kappa shape index (κ3) is 10.2. The Morgan fingerprint density at radius 3 is 2.19 bits per heavy atom. The van der Waals surface area contributed by atoms with Crippen LogP contribution in [0, 0.1) is 5.92 Å². The van der Waals surface area contributed by atoms with E-state index in [-0.39, 0.29) is 6.61 Å². The minimum Gasteiger partial charge on any atom is -0.396 e. The lowest BCUT2D eigenvalue weighted by Gasteiger charge is -2.14. The van der Waals surface area contributed by atoms with Crippen LogP contribution >= 0.6 is 0 Å². The number of hydrogen-bond acceptors (Lipinski definition) is 1. The van der Waals surface area contributed by atoms with Crippen LogP contribution in [0.25, 0.3) is 0 Å². The van der Waals surface area contributed by atoms with Crippen molar-refractivity contribution in [1.29, 1.82) is 0 Å². The van der Waals surface area contributed by atoms with Gasteiger partial charge in [0.15, 0.2) is 0 Å². The van der Waals surface area contributed by atoms with Crippen molar-refractivity contribution in [3.8, 4) is 0 Å². The van der Waals surface area contributed by atoms with Crippen LogP contribution < -0.4 is 0 Å². The number of allylic oxidation sites excluding steroid dienone is 1. The molecule has 0 saturated carbocycles. The zero-order chi connectivity index (χ0) is 12.1. The van der Waals surface area contributed by atoms with E-state index in [2.05, 4.69) is 26.0 Å². The molecule has 0 bridgehead atoms. The van der Waals surface area contributed by atoms with Crippen LogP contribution in [0.2, 0.25) is 0 Å². The average molecular weight is 226 g/mol. The summed E-state index contributed by atoms with van der Waals surface area (Å²) in [5, 5.41) is 8.63. The Morgan fingerprint density at radius 2 is 1.56 bits per heavy atom. The van der Waals surface area contributed by atoms with Crippen molar-refractivity contribution >= 4 is 0 Å². The molecule has 0 spiro atoms. The molecular formula is C15H30O. The predicted octanol–water partition coefficient (Wildman–Crippen LogP) is 4.70. The molecule has 0 rings (SSSR count). The van der Waals surface area contributed by atoms with E-state index in [1.165, 1.54) is 51.4 Å². The fourth-order valence-corrected chi connectivity index (χ4v) is 2.17. The Bertz CT molecular complexity index is 152. The molecule has 0 aromatic rings. The molecule has 1 atom stereocenters. The molecule has 0 aromatic carbocycles. The van der Waals surface area contributed by atoms with Crippen molar-refractivity contribution in [1.82, 2.24) is 0 Å². The van der Waals surface area contributed by atoms with E-state index in [0.717, 1.165) is 12.3 Å². The molecule has 0 saturated heterocycles. The van der Waals surface area contributed by atoms with Gasteiger partial charge < -0.3 is 5.11 Å². The highest BCUT2D eigenvalue weighted by Gasteiger charge is 2.05. The van der Waals surface area contributed by atoms with Crippen LogP contribution in [0.3, 0.4) is 0 Å². The molecule has 0 radical (unpaired) electrons. The molecule has 0 aromatic heterocycles. The molecule has 1 unspecified atom stereocenters. The number of aliphatic hydroxyl groups is 1. The van der Waals surface area contributed by atoms with Crippen molar-refractivity contribution < 1.29 is 5.11 Å². The summed E-state index contributed by atoms with van der Waals surface area (Å²) in [7, 11) is 0. The molecule has 1 nitrogen and oxygen atoms in total. The van der Waals surface area contributed by atoms with Gasteiger partial charge in [0, 0.05) is 6.61 Å². The lowest BCUT2D eigenvalue weighted by Crippen LogP contribution is -1.99. The molecule has 96 valence electrons. The van der Waals surface area contributed by atoms with E-state index in [0.29, 0.717) is 0 Å². The van der Waals surface area contributed by atoms with E-state index in [1.54, 1.807) is 0 Å². The van der Waals surface area contributed by atoms with Crippen LogP contribution in [-0.4, -0.2) is 11.7 Å². The van der Waals surface area contributed by atoms with Crippen LogP contribution in [0.15, 0.2) is 12.2 Å². The monoisotopic (exact) mass is 226 g/mol. The Morgan fingerprint density at radius 1 is 0.875 bits per heavy atom. The van der Waals surface area contributed by atoms with Gasteiger partial charge >= 0.3 is 0 Å². The van der Waals surface area contributed by atoms with Gasteiger partial charge in [-0.2, -0.15) is 0 Å². The quantitative estimate of drug-likeness (QED) is 0.400. The second kappa shape index (κ2) is 12.8. The van der Waals surface area contributed by atoms with Crippen molar-refractivity contribution in [2.45, 2.75) is 71.6 Å². The lowest BCUT2D eigenvalue weighted by molar-refractivity contribution is 0.302. The molecule has 16 heavy (non-hydrogen) atoms. The third-order valence-electron chi connectivity index (χ3n) is 3.11. The summed E-state index contributed by atoms with van der Waals surface area (Å²) in [5.74, 6) is 0.955. The summed E-state index contributed by atoms with van der Waals surface area (Å²) < 4.78 is 0. The van der Waals surface area contributed by atoms with Crippen molar-refractivity contribution in [3.63, 3.8) is 0 Å². The molecule has 0 aliphatic carbocycles. The van der Waals surface area contributed by atoms with Crippen LogP contribution in [-0.2, 0) is 0 Å². The fraction of sp³-hybridized carbons (Fsp3) is 0.867. The minimum atomic E-state index is 0.283. The Kier molecular flexibility index (Phi) is 12.5. The number of hydrogen-bond donors (Lipinski definition) is 1. The smallest absolute Gasteiger partial charge is 0.0465 e. The molecule has 0 fully saturated rings. The molecular weight excluding hydrogens is 196 g/mol. The lowest BCUT2D eigenvalue weighted by atomic mass is 9.92. The normalized spacial score (nSPS) is 13.4. The first-order valence-corrected chi connectivity index (χ1v) is 7.11. The van der Waals surface area contributed by atoms with E-state index in [4.69, 9.17) is 5.11 Å². The highest BCUT2D eigenvalue weighted by molar-refractivity contribution is 4.81. The summed E-state index contributed by atoms with van der Waals surface area (Å²) in [5.41, 5.74) is 0. The van der Waals surface area contributed by atoms with Crippen LogP contribution in [0.5, 0.6) is 0 Å². The van der Waals surface area contributed by atoms with Gasteiger partial charge in [-0.1, -0.05) is 64.5 Å². The summed E-state index contributed by atoms with van der Waals surface area (Å²) in [6, 6.07) is 0. The first-order valence-electron chi connectivity index (χ1n) is 7.11. The van der Waals surface area contributed by atoms with Crippen molar-refractivity contribution in [2.75, 3.05) is 6.61 Å². The SMILES string of the molecule is CCCCC(CCC)CCCC=CCCO. The van der Waals surface area contributed by atoms with Gasteiger partial charge in [-0.15, -0.1) is 0 Å². The highest BCUT2D eigenvalue weighted by atomic mass is 16.2. The zero-order valence-electron chi connectivity index (χ0n) is 11.3. The number of rotatable bonds is 11. The van der Waals surface area contributed by atoms with E-state index in [1.807, 2.05) is 0 Å². The van der Waals surface area contributed by atoms with E-state index >= 15 is 0 Å². The Hall–Kier alpha value is -0.300. The fourth-order valence-electron chi connectivity index (χ4n) is 2.17. The molecule has 0 aliphatic heterocycles. The van der Waals surface area contributed by atoms with Gasteiger partial charge in [0.25, 0.3) is 0 Å². The minimum absolute atomic E-state index is 0.283. The topological polar surface area (TPSA) is 20.2 Å². The van der Waals surface area contributed by atoms with Crippen molar-refractivity contribution in [2.24, 2.45) is 5.92 Å². The maximum Gasteiger partial charge on any atom is 0.0465 e. The summed E-state index contributed by atoms with van der Waals surface area (Å²) >= 11 is 0. The summed E-state index contributed by atoms with van der Waals surface area (Å²) in [6.45, 7) is 4.85. The molecule has 1 heteroatoms. The summed E-state index contributed by atoms with van der Waals surface area (Å²) in [4.78, 5) is 0. The zero-order valence-corrected chi connectivity index (χ0v) is 11.3. The number of aliphatic hydroxyl groups excluding tert-OH is 1. The molecule has 0 heterocycles. The highest BCUT2D eigenvalue weighted by Crippen LogP contribution is 2.21. The molecule has 0 amide bonds. The molecule has 1 N–H and O–H groups in total. The van der Waals surface area contributed by atoms with Crippen LogP contribution in [0.4, 0.5) is 0 Å². The van der Waals surface area contributed by atoms with Gasteiger partial charge in [-0.3, -0.25) is 0 Å². The predicted molar refractivity (Wildman–Crippen MR) is 72.6 cm³/mol. The van der Waals surface area contributed by atoms with Gasteiger partial charge in [-0.25, -0.2) is 0 Å². The summed E-state index contributed by atoms with van der Waals surface area (Å²) in [6.07, 6.45) is 15.9. The largest absolute Gasteiger partial charge is 0.396 e. The maximum atomic E-state index is 8.63. The standard InChI is InChI=1S/C15H30O/c1-3-5-12-15(11-4-2)13-9-7-6-8-10-14-16/h6,8,15-16H,3-5,7,9-14H2,1-2H3. The Balaban J connectivity index is 3.50.